The zero-order valence-corrected chi connectivity index (χ0v) is 9.53. The number of nitrogens with one attached hydrogen (secondary N) is 2. The van der Waals surface area contributed by atoms with Crippen molar-refractivity contribution in [1.82, 2.24) is 25.4 Å². The highest BCUT2D eigenvalue weighted by Gasteiger charge is 2.13. The van der Waals surface area contributed by atoms with Crippen LogP contribution >= 0.6 is 0 Å². The second-order valence-electron chi connectivity index (χ2n) is 4.39. The predicted octanol–water partition coefficient (Wildman–Crippen LogP) is 0.413. The molecule has 1 rings (SSSR count). The number of carbonyl (C=O) groups is 1. The molecule has 1 aromatic heterocycles. The van der Waals surface area contributed by atoms with Crippen molar-refractivity contribution >= 4 is 6.03 Å². The molecule has 84 valence electrons. The summed E-state index contributed by atoms with van der Waals surface area (Å²) in [6.07, 6.45) is 1.60. The van der Waals surface area contributed by atoms with Crippen molar-refractivity contribution in [2.45, 2.75) is 32.9 Å². The number of hydrogen-bond acceptors (Lipinski definition) is 3. The molecular formula is C9H17N5O. The van der Waals surface area contributed by atoms with Gasteiger partial charge in [0.05, 0.1) is 6.54 Å². The van der Waals surface area contributed by atoms with Gasteiger partial charge in [-0.3, -0.25) is 4.68 Å². The van der Waals surface area contributed by atoms with E-state index in [1.54, 1.807) is 18.1 Å². The highest BCUT2D eigenvalue weighted by molar-refractivity contribution is 5.74. The van der Waals surface area contributed by atoms with Gasteiger partial charge in [0.1, 0.15) is 6.33 Å². The summed E-state index contributed by atoms with van der Waals surface area (Å²) in [6, 6.07) is -0.213. The number of hydrogen-bond donors (Lipinski definition) is 2. The van der Waals surface area contributed by atoms with E-state index in [2.05, 4.69) is 20.7 Å². The molecule has 0 aromatic carbocycles. The Labute approximate surface area is 89.1 Å². The molecule has 1 aromatic rings. The van der Waals surface area contributed by atoms with Gasteiger partial charge >= 0.3 is 6.03 Å². The van der Waals surface area contributed by atoms with E-state index in [1.165, 1.54) is 0 Å². The van der Waals surface area contributed by atoms with Crippen LogP contribution in [0, 0.1) is 0 Å². The van der Waals surface area contributed by atoms with Crippen molar-refractivity contribution in [3.8, 4) is 0 Å². The van der Waals surface area contributed by atoms with Gasteiger partial charge in [-0.25, -0.2) is 9.78 Å². The van der Waals surface area contributed by atoms with Crippen molar-refractivity contribution < 1.29 is 4.79 Å². The molecule has 0 aliphatic carbocycles. The fraction of sp³-hybridized carbons (Fsp3) is 0.667. The predicted molar refractivity (Wildman–Crippen MR) is 56.1 cm³/mol. The van der Waals surface area contributed by atoms with E-state index in [1.807, 2.05) is 20.8 Å². The van der Waals surface area contributed by atoms with Crippen molar-refractivity contribution in [2.75, 3.05) is 0 Å². The van der Waals surface area contributed by atoms with Gasteiger partial charge in [-0.05, 0) is 20.8 Å². The molecule has 0 saturated carbocycles. The highest BCUT2D eigenvalue weighted by Crippen LogP contribution is 1.97. The summed E-state index contributed by atoms with van der Waals surface area (Å²) in [7, 11) is 1.78. The third-order valence-corrected chi connectivity index (χ3v) is 1.54. The van der Waals surface area contributed by atoms with Gasteiger partial charge in [0, 0.05) is 12.6 Å². The molecule has 6 nitrogen and oxygen atoms in total. The van der Waals surface area contributed by atoms with E-state index in [4.69, 9.17) is 0 Å². The van der Waals surface area contributed by atoms with Crippen LogP contribution < -0.4 is 10.6 Å². The normalized spacial score (nSPS) is 11.2. The van der Waals surface area contributed by atoms with Gasteiger partial charge in [-0.2, -0.15) is 5.10 Å². The number of rotatable bonds is 2. The van der Waals surface area contributed by atoms with E-state index >= 15 is 0 Å². The number of amides is 2. The topological polar surface area (TPSA) is 71.8 Å². The number of aromatic nitrogens is 3. The fourth-order valence-corrected chi connectivity index (χ4v) is 1.01. The van der Waals surface area contributed by atoms with Crippen LogP contribution in [0.5, 0.6) is 0 Å². The average Bonchev–Trinajstić information content (AvgIpc) is 2.45. The lowest BCUT2D eigenvalue weighted by atomic mass is 10.1. The Morgan fingerprint density at radius 1 is 1.53 bits per heavy atom. The van der Waals surface area contributed by atoms with Gasteiger partial charge in [-0.15, -0.1) is 0 Å². The van der Waals surface area contributed by atoms with Gasteiger partial charge in [-0.1, -0.05) is 0 Å². The molecule has 0 unspecified atom stereocenters. The zero-order chi connectivity index (χ0) is 11.5. The number of carbonyl (C=O) groups excluding carboxylic acids is 1. The maximum atomic E-state index is 11.4. The molecule has 0 bridgehead atoms. The van der Waals surface area contributed by atoms with Crippen molar-refractivity contribution in [2.24, 2.45) is 7.05 Å². The lowest BCUT2D eigenvalue weighted by Gasteiger charge is -2.20. The molecule has 0 aliphatic rings. The monoisotopic (exact) mass is 211 g/mol. The summed E-state index contributed by atoms with van der Waals surface area (Å²) >= 11 is 0. The maximum Gasteiger partial charge on any atom is 0.315 e. The van der Waals surface area contributed by atoms with Crippen LogP contribution in [0.1, 0.15) is 26.6 Å². The Kier molecular flexibility index (Phi) is 3.28. The lowest BCUT2D eigenvalue weighted by molar-refractivity contribution is 0.231. The molecule has 1 heterocycles. The molecule has 2 amide bonds. The Morgan fingerprint density at radius 3 is 2.67 bits per heavy atom. The number of nitrogens with zero attached hydrogens (tertiary/aromatic N) is 3. The molecule has 2 N–H and O–H groups in total. The third kappa shape index (κ3) is 4.44. The highest BCUT2D eigenvalue weighted by atomic mass is 16.2. The van der Waals surface area contributed by atoms with Crippen LogP contribution in [0.15, 0.2) is 6.33 Å². The molecule has 15 heavy (non-hydrogen) atoms. The molecule has 0 atom stereocenters. The standard InChI is InChI=1S/C9H17N5O/c1-9(2,3)12-8(15)10-5-7-11-6-14(4)13-7/h6H,5H2,1-4H3,(H2,10,12,15). The second-order valence-corrected chi connectivity index (χ2v) is 4.39. The summed E-state index contributed by atoms with van der Waals surface area (Å²) in [5.41, 5.74) is -0.234. The van der Waals surface area contributed by atoms with Crippen LogP contribution in [0.3, 0.4) is 0 Å². The molecule has 0 radical (unpaired) electrons. The van der Waals surface area contributed by atoms with E-state index < -0.39 is 0 Å². The lowest BCUT2D eigenvalue weighted by Crippen LogP contribution is -2.46. The Bertz CT molecular complexity index is 339. The summed E-state index contributed by atoms with van der Waals surface area (Å²) < 4.78 is 1.60. The van der Waals surface area contributed by atoms with Gasteiger partial charge in [0.2, 0.25) is 0 Å². The quantitative estimate of drug-likeness (QED) is 0.744. The molecule has 0 aliphatic heterocycles. The zero-order valence-electron chi connectivity index (χ0n) is 9.53. The van der Waals surface area contributed by atoms with Crippen LogP contribution in [0.25, 0.3) is 0 Å². The van der Waals surface area contributed by atoms with Crippen molar-refractivity contribution in [1.29, 1.82) is 0 Å². The minimum absolute atomic E-state index is 0.213. The van der Waals surface area contributed by atoms with E-state index in [9.17, 15) is 4.79 Å². The largest absolute Gasteiger partial charge is 0.334 e. The molecule has 6 heteroatoms. The average molecular weight is 211 g/mol. The third-order valence-electron chi connectivity index (χ3n) is 1.54. The second kappa shape index (κ2) is 4.29. The summed E-state index contributed by atoms with van der Waals surface area (Å²) in [5, 5.41) is 9.51. The first-order valence-corrected chi connectivity index (χ1v) is 4.77. The van der Waals surface area contributed by atoms with Crippen LogP contribution in [-0.2, 0) is 13.6 Å². The van der Waals surface area contributed by atoms with Gasteiger partial charge < -0.3 is 10.6 Å². The number of urea groups is 1. The Morgan fingerprint density at radius 2 is 2.20 bits per heavy atom. The van der Waals surface area contributed by atoms with Crippen LogP contribution in [0.2, 0.25) is 0 Å². The molecule has 0 spiro atoms. The van der Waals surface area contributed by atoms with Crippen LogP contribution in [0.4, 0.5) is 4.79 Å². The SMILES string of the molecule is Cn1cnc(CNC(=O)NC(C)(C)C)n1. The first-order chi connectivity index (χ1) is 6.87. The smallest absolute Gasteiger partial charge is 0.315 e. The summed E-state index contributed by atoms with van der Waals surface area (Å²) in [6.45, 7) is 6.10. The van der Waals surface area contributed by atoms with Crippen molar-refractivity contribution in [3.63, 3.8) is 0 Å². The summed E-state index contributed by atoms with van der Waals surface area (Å²) in [5.74, 6) is 0.599. The minimum atomic E-state index is -0.234. The number of aryl methyl sites for hydroxylation is 1. The van der Waals surface area contributed by atoms with E-state index in [0.29, 0.717) is 12.4 Å². The molecule has 0 saturated heterocycles. The first-order valence-electron chi connectivity index (χ1n) is 4.77. The molecule has 0 fully saturated rings. The Hall–Kier alpha value is -1.59. The maximum absolute atomic E-state index is 11.4. The summed E-state index contributed by atoms with van der Waals surface area (Å²) in [4.78, 5) is 15.3. The van der Waals surface area contributed by atoms with E-state index in [0.717, 1.165) is 0 Å². The Balaban J connectivity index is 2.35. The van der Waals surface area contributed by atoms with E-state index in [-0.39, 0.29) is 11.6 Å². The van der Waals surface area contributed by atoms with Crippen molar-refractivity contribution in [3.05, 3.63) is 12.2 Å². The minimum Gasteiger partial charge on any atom is -0.334 e. The van der Waals surface area contributed by atoms with Crippen LogP contribution in [-0.4, -0.2) is 26.3 Å². The van der Waals surface area contributed by atoms with Gasteiger partial charge in [0.25, 0.3) is 0 Å². The fourth-order valence-electron chi connectivity index (χ4n) is 1.01. The first kappa shape index (κ1) is 11.5. The molecular weight excluding hydrogens is 194 g/mol. The van der Waals surface area contributed by atoms with Gasteiger partial charge in [0.15, 0.2) is 5.82 Å².